The average Bonchev–Trinajstić information content (AvgIpc) is 2.88. The zero-order chi connectivity index (χ0) is 25.0. The van der Waals surface area contributed by atoms with Crippen LogP contribution >= 0.6 is 0 Å². The maximum atomic E-state index is 12.5. The molecule has 5 nitrogen and oxygen atoms in total. The van der Waals surface area contributed by atoms with Gasteiger partial charge >= 0.3 is 0 Å². The smallest absolute Gasteiger partial charge is 0.292 e. The van der Waals surface area contributed by atoms with E-state index in [9.17, 15) is 4.91 Å². The van der Waals surface area contributed by atoms with Gasteiger partial charge in [0.05, 0.1) is 18.1 Å². The van der Waals surface area contributed by atoms with Crippen LogP contribution in [0.5, 0.6) is 11.5 Å². The number of ether oxygens (including phenoxy) is 2. The SMILES string of the molecule is CCCCCCCCCOc1ccc(N[N+](=O)c2ccc(OCCCCCCCCC)cc2)cc1. The molecule has 0 spiro atoms. The van der Waals surface area contributed by atoms with Crippen molar-refractivity contribution < 1.29 is 14.3 Å². The van der Waals surface area contributed by atoms with Gasteiger partial charge in [-0.25, -0.2) is 0 Å². The number of nitrogens with zero attached hydrogens (tertiary/aromatic N) is 1. The normalized spacial score (nSPS) is 10.8. The summed E-state index contributed by atoms with van der Waals surface area (Å²) < 4.78 is 11.6. The minimum atomic E-state index is 0.535. The third-order valence-corrected chi connectivity index (χ3v) is 6.19. The number of hydrazine groups is 1. The second-order valence-corrected chi connectivity index (χ2v) is 9.36. The molecule has 5 heteroatoms. The molecule has 0 radical (unpaired) electrons. The second kappa shape index (κ2) is 18.7. The third-order valence-electron chi connectivity index (χ3n) is 6.19. The Morgan fingerprint density at radius 3 is 1.43 bits per heavy atom. The molecule has 0 heterocycles. The van der Waals surface area contributed by atoms with Crippen molar-refractivity contribution in [2.24, 2.45) is 0 Å². The summed E-state index contributed by atoms with van der Waals surface area (Å²) in [5, 5.41) is 0. The minimum absolute atomic E-state index is 0.535. The van der Waals surface area contributed by atoms with E-state index in [2.05, 4.69) is 19.3 Å². The molecule has 0 aliphatic rings. The van der Waals surface area contributed by atoms with Crippen molar-refractivity contribution in [2.45, 2.75) is 104 Å². The zero-order valence-electron chi connectivity index (χ0n) is 22.1. The van der Waals surface area contributed by atoms with Gasteiger partial charge in [0.1, 0.15) is 17.2 Å². The Morgan fingerprint density at radius 1 is 0.571 bits per heavy atom. The predicted molar refractivity (Wildman–Crippen MR) is 147 cm³/mol. The van der Waals surface area contributed by atoms with Crippen molar-refractivity contribution in [1.82, 2.24) is 0 Å². The molecule has 0 unspecified atom stereocenters. The first-order chi connectivity index (χ1) is 17.2. The van der Waals surface area contributed by atoms with Gasteiger partial charge in [-0.05, 0) is 49.2 Å². The fourth-order valence-corrected chi connectivity index (χ4v) is 3.98. The second-order valence-electron chi connectivity index (χ2n) is 9.36. The number of nitrogens with one attached hydrogen (secondary N) is 1. The van der Waals surface area contributed by atoms with Gasteiger partial charge < -0.3 is 9.47 Å². The maximum absolute atomic E-state index is 12.5. The molecular formula is C30H47N2O3+. The van der Waals surface area contributed by atoms with Crippen molar-refractivity contribution in [3.05, 3.63) is 53.4 Å². The molecule has 0 amide bonds. The molecule has 0 atom stereocenters. The number of hydrogen-bond donors (Lipinski definition) is 1. The van der Waals surface area contributed by atoms with Crippen LogP contribution in [0.15, 0.2) is 48.5 Å². The molecule has 0 aliphatic carbocycles. The van der Waals surface area contributed by atoms with Crippen molar-refractivity contribution >= 4 is 11.4 Å². The van der Waals surface area contributed by atoms with Crippen molar-refractivity contribution in [3.63, 3.8) is 0 Å². The average molecular weight is 484 g/mol. The largest absolute Gasteiger partial charge is 0.494 e. The molecule has 35 heavy (non-hydrogen) atoms. The van der Waals surface area contributed by atoms with Crippen LogP contribution in [0, 0.1) is 4.91 Å². The number of unbranched alkanes of at least 4 members (excludes halogenated alkanes) is 12. The van der Waals surface area contributed by atoms with E-state index < -0.39 is 0 Å². The lowest BCUT2D eigenvalue weighted by Crippen LogP contribution is -2.10. The lowest BCUT2D eigenvalue weighted by atomic mass is 10.1. The molecule has 0 aromatic heterocycles. The van der Waals surface area contributed by atoms with Gasteiger partial charge in [-0.3, -0.25) is 0 Å². The van der Waals surface area contributed by atoms with E-state index in [0.717, 1.165) is 48.1 Å². The summed E-state index contributed by atoms with van der Waals surface area (Å²) in [6, 6.07) is 14.8. The Bertz CT molecular complexity index is 790. The fraction of sp³-hybridized carbons (Fsp3) is 0.600. The van der Waals surface area contributed by atoms with Gasteiger partial charge in [0.25, 0.3) is 5.69 Å². The van der Waals surface area contributed by atoms with E-state index in [1.54, 1.807) is 12.1 Å². The summed E-state index contributed by atoms with van der Waals surface area (Å²) >= 11 is 0. The number of benzene rings is 2. The van der Waals surface area contributed by atoms with Gasteiger partial charge in [-0.2, -0.15) is 0 Å². The highest BCUT2D eigenvalue weighted by atomic mass is 16.5. The standard InChI is InChI=1S/C30H47N2O3/c1-3-5-7-9-11-13-15-25-34-29-21-17-27(18-22-29)31-32(33)28-19-23-30(24-20-28)35-26-16-14-12-10-8-6-4-2/h17-24H,3-16,25-26H2,1-2H3,(H,31,33)/q+1. The first kappa shape index (κ1) is 28.7. The predicted octanol–water partition coefficient (Wildman–Crippen LogP) is 9.38. The lowest BCUT2D eigenvalue weighted by Gasteiger charge is -2.07. The first-order valence-electron chi connectivity index (χ1n) is 13.9. The van der Waals surface area contributed by atoms with Crippen LogP contribution in [0.2, 0.25) is 0 Å². The van der Waals surface area contributed by atoms with Gasteiger partial charge in [-0.15, -0.1) is 5.43 Å². The maximum Gasteiger partial charge on any atom is 0.292 e. The topological polar surface area (TPSA) is 50.6 Å². The highest BCUT2D eigenvalue weighted by Crippen LogP contribution is 2.21. The van der Waals surface area contributed by atoms with Crippen LogP contribution in [0.3, 0.4) is 0 Å². The Kier molecular flexibility index (Phi) is 15.3. The molecule has 0 saturated carbocycles. The van der Waals surface area contributed by atoms with Crippen molar-refractivity contribution in [1.29, 1.82) is 0 Å². The number of rotatable bonds is 21. The first-order valence-corrected chi connectivity index (χ1v) is 13.9. The summed E-state index contributed by atoms with van der Waals surface area (Å²) in [5.74, 6) is 1.64. The van der Waals surface area contributed by atoms with E-state index in [1.165, 1.54) is 77.0 Å². The van der Waals surface area contributed by atoms with E-state index in [4.69, 9.17) is 9.47 Å². The molecule has 0 saturated heterocycles. The fourth-order valence-electron chi connectivity index (χ4n) is 3.98. The Hall–Kier alpha value is -2.56. The number of hydrogen-bond acceptors (Lipinski definition) is 3. The molecule has 0 aliphatic heterocycles. The zero-order valence-corrected chi connectivity index (χ0v) is 22.1. The summed E-state index contributed by atoms with van der Waals surface area (Å²) in [6.07, 6.45) is 17.8. The number of nitroso groups, excluding NO2 is 1. The summed E-state index contributed by atoms with van der Waals surface area (Å²) in [4.78, 5) is 13.3. The Morgan fingerprint density at radius 2 is 0.971 bits per heavy atom. The van der Waals surface area contributed by atoms with Crippen molar-refractivity contribution in [2.75, 3.05) is 18.6 Å². The highest BCUT2D eigenvalue weighted by Gasteiger charge is 2.14. The quantitative estimate of drug-likeness (QED) is 0.109. The van der Waals surface area contributed by atoms with Crippen LogP contribution in [-0.4, -0.2) is 18.1 Å². The monoisotopic (exact) mass is 483 g/mol. The number of anilines is 1. The minimum Gasteiger partial charge on any atom is -0.494 e. The highest BCUT2D eigenvalue weighted by molar-refractivity contribution is 5.45. The Balaban J connectivity index is 1.61. The lowest BCUT2D eigenvalue weighted by molar-refractivity contribution is -0.427. The molecule has 2 rings (SSSR count). The summed E-state index contributed by atoms with van der Waals surface area (Å²) in [7, 11) is 0. The molecule has 2 aromatic rings. The summed E-state index contributed by atoms with van der Waals surface area (Å²) in [5.41, 5.74) is 4.13. The molecule has 0 bridgehead atoms. The van der Waals surface area contributed by atoms with Gasteiger partial charge in [0, 0.05) is 12.1 Å². The van der Waals surface area contributed by atoms with Crippen LogP contribution < -0.4 is 14.9 Å². The molecule has 194 valence electrons. The van der Waals surface area contributed by atoms with Crippen LogP contribution in [-0.2, 0) is 0 Å². The van der Waals surface area contributed by atoms with Gasteiger partial charge in [-0.1, -0.05) is 90.9 Å². The van der Waals surface area contributed by atoms with Gasteiger partial charge in [0.2, 0.25) is 0 Å². The van der Waals surface area contributed by atoms with Crippen molar-refractivity contribution in [3.8, 4) is 11.5 Å². The molecular weight excluding hydrogens is 436 g/mol. The molecule has 2 aromatic carbocycles. The van der Waals surface area contributed by atoms with E-state index >= 15 is 0 Å². The van der Waals surface area contributed by atoms with E-state index in [-0.39, 0.29) is 0 Å². The van der Waals surface area contributed by atoms with E-state index in [1.807, 2.05) is 36.4 Å². The van der Waals surface area contributed by atoms with Crippen LogP contribution in [0.4, 0.5) is 11.4 Å². The Labute approximate surface area is 213 Å². The van der Waals surface area contributed by atoms with Crippen LogP contribution in [0.25, 0.3) is 0 Å². The molecule has 1 N–H and O–H groups in total. The van der Waals surface area contributed by atoms with E-state index in [0.29, 0.717) is 5.69 Å². The van der Waals surface area contributed by atoms with Gasteiger partial charge in [0.15, 0.2) is 4.87 Å². The molecule has 0 fully saturated rings. The summed E-state index contributed by atoms with van der Waals surface area (Å²) in [6.45, 7) is 5.95. The third kappa shape index (κ3) is 13.2. The van der Waals surface area contributed by atoms with Crippen LogP contribution in [0.1, 0.15) is 104 Å².